The monoisotopic (exact) mass is 386 g/mol. The van der Waals surface area contributed by atoms with Crippen molar-refractivity contribution < 1.29 is 9.72 Å². The summed E-state index contributed by atoms with van der Waals surface area (Å²) in [7, 11) is 0. The van der Waals surface area contributed by atoms with Gasteiger partial charge in [0.2, 0.25) is 0 Å². The van der Waals surface area contributed by atoms with E-state index in [0.717, 1.165) is 11.4 Å². The molecule has 1 atom stereocenters. The third-order valence-electron chi connectivity index (χ3n) is 5.34. The molecular weight excluding hydrogens is 368 g/mol. The number of Topliss-reactive ketones (excluding diaryl/α,β-unsaturated/α-hetero) is 1. The molecule has 0 aromatic heterocycles. The maximum Gasteiger partial charge on any atom is 0.269 e. The molecule has 0 bridgehead atoms. The van der Waals surface area contributed by atoms with Crippen molar-refractivity contribution in [3.05, 3.63) is 92.9 Å². The Morgan fingerprint density at radius 2 is 1.90 bits per heavy atom. The van der Waals surface area contributed by atoms with Gasteiger partial charge >= 0.3 is 0 Å². The lowest BCUT2D eigenvalue weighted by Crippen LogP contribution is -2.38. The van der Waals surface area contributed by atoms with Crippen molar-refractivity contribution in [3.63, 3.8) is 0 Å². The zero-order valence-electron chi connectivity index (χ0n) is 15.5. The van der Waals surface area contributed by atoms with E-state index < -0.39 is 10.8 Å². The lowest BCUT2D eigenvalue weighted by molar-refractivity contribution is -0.384. The molecule has 0 saturated heterocycles. The highest BCUT2D eigenvalue weighted by Gasteiger charge is 2.40. The van der Waals surface area contributed by atoms with Crippen molar-refractivity contribution in [2.75, 3.05) is 4.90 Å². The molecule has 144 valence electrons. The van der Waals surface area contributed by atoms with Crippen molar-refractivity contribution >= 4 is 17.2 Å². The van der Waals surface area contributed by atoms with Crippen LogP contribution in [0, 0.1) is 21.4 Å². The highest BCUT2D eigenvalue weighted by atomic mass is 16.6. The van der Waals surface area contributed by atoms with Crippen LogP contribution < -0.4 is 10.6 Å². The fourth-order valence-corrected chi connectivity index (χ4v) is 4.11. The summed E-state index contributed by atoms with van der Waals surface area (Å²) < 4.78 is 0. The summed E-state index contributed by atoms with van der Waals surface area (Å²) >= 11 is 0. The normalized spacial score (nSPS) is 19.1. The summed E-state index contributed by atoms with van der Waals surface area (Å²) in [5.41, 5.74) is 9.15. The Bertz CT molecular complexity index is 1110. The van der Waals surface area contributed by atoms with Crippen molar-refractivity contribution in [1.82, 2.24) is 0 Å². The van der Waals surface area contributed by atoms with E-state index in [1.54, 1.807) is 17.0 Å². The van der Waals surface area contributed by atoms with Gasteiger partial charge in [0.25, 0.3) is 5.69 Å². The number of ketones is 1. The van der Waals surface area contributed by atoms with Crippen LogP contribution in [0.2, 0.25) is 0 Å². The zero-order valence-corrected chi connectivity index (χ0v) is 15.5. The zero-order chi connectivity index (χ0) is 20.5. The van der Waals surface area contributed by atoms with E-state index >= 15 is 0 Å². The summed E-state index contributed by atoms with van der Waals surface area (Å²) in [5.74, 6) is -0.504. The summed E-state index contributed by atoms with van der Waals surface area (Å²) in [5, 5.41) is 21.2. The van der Waals surface area contributed by atoms with Crippen molar-refractivity contribution in [1.29, 1.82) is 5.26 Å². The van der Waals surface area contributed by atoms with Crippen molar-refractivity contribution in [2.45, 2.75) is 25.2 Å². The lowest BCUT2D eigenvalue weighted by atomic mass is 9.75. The summed E-state index contributed by atoms with van der Waals surface area (Å²) in [6.45, 7) is 0. The number of nitriles is 1. The minimum Gasteiger partial charge on any atom is -0.384 e. The number of nitrogens with two attached hydrogens (primary N) is 1. The lowest BCUT2D eigenvalue weighted by Gasteiger charge is -2.39. The summed E-state index contributed by atoms with van der Waals surface area (Å²) in [4.78, 5) is 25.5. The first-order chi connectivity index (χ1) is 14.0. The van der Waals surface area contributed by atoms with Gasteiger partial charge in [0.05, 0.1) is 22.5 Å². The number of nitro groups is 1. The van der Waals surface area contributed by atoms with Gasteiger partial charge in [0, 0.05) is 35.5 Å². The summed E-state index contributed by atoms with van der Waals surface area (Å²) in [6, 6.07) is 17.6. The molecule has 29 heavy (non-hydrogen) atoms. The minimum atomic E-state index is -0.706. The first-order valence-corrected chi connectivity index (χ1v) is 9.28. The molecule has 0 saturated carbocycles. The maximum atomic E-state index is 13.0. The molecule has 2 N–H and O–H groups in total. The Morgan fingerprint density at radius 1 is 1.14 bits per heavy atom. The van der Waals surface area contributed by atoms with Crippen LogP contribution in [0.15, 0.2) is 77.3 Å². The second-order valence-corrected chi connectivity index (χ2v) is 7.00. The molecule has 2 aromatic rings. The maximum absolute atomic E-state index is 13.0. The number of anilines is 1. The van der Waals surface area contributed by atoms with E-state index in [-0.39, 0.29) is 22.9 Å². The molecule has 1 heterocycles. The second-order valence-electron chi connectivity index (χ2n) is 7.00. The Balaban J connectivity index is 1.97. The molecule has 4 rings (SSSR count). The van der Waals surface area contributed by atoms with Gasteiger partial charge in [-0.15, -0.1) is 0 Å². The topological polar surface area (TPSA) is 113 Å². The molecule has 1 aliphatic heterocycles. The van der Waals surface area contributed by atoms with Crippen LogP contribution in [-0.2, 0) is 4.79 Å². The highest BCUT2D eigenvalue weighted by Crippen LogP contribution is 2.46. The number of hydrogen-bond donors (Lipinski definition) is 1. The molecule has 0 amide bonds. The number of allylic oxidation sites excluding steroid dienone is 3. The van der Waals surface area contributed by atoms with Gasteiger partial charge < -0.3 is 5.73 Å². The van der Waals surface area contributed by atoms with E-state index in [2.05, 4.69) is 6.07 Å². The molecule has 2 aromatic carbocycles. The molecule has 1 aliphatic carbocycles. The Kier molecular flexibility index (Phi) is 4.61. The van der Waals surface area contributed by atoms with Gasteiger partial charge in [0.1, 0.15) is 5.82 Å². The largest absolute Gasteiger partial charge is 0.384 e. The number of para-hydroxylation sites is 1. The molecule has 7 nitrogen and oxygen atoms in total. The molecule has 7 heteroatoms. The third kappa shape index (κ3) is 3.05. The Morgan fingerprint density at radius 3 is 2.59 bits per heavy atom. The average Bonchev–Trinajstić information content (AvgIpc) is 2.74. The number of benzene rings is 2. The van der Waals surface area contributed by atoms with E-state index in [9.17, 15) is 20.2 Å². The molecule has 2 aliphatic rings. The van der Waals surface area contributed by atoms with Crippen molar-refractivity contribution in [3.8, 4) is 6.07 Å². The Hall–Kier alpha value is -3.92. The van der Waals surface area contributed by atoms with E-state index in [4.69, 9.17) is 5.73 Å². The van der Waals surface area contributed by atoms with Gasteiger partial charge in [0.15, 0.2) is 5.78 Å². The third-order valence-corrected chi connectivity index (χ3v) is 5.34. The van der Waals surface area contributed by atoms with Crippen molar-refractivity contribution in [2.24, 2.45) is 5.73 Å². The number of carbonyl (C=O) groups is 1. The number of hydrogen-bond acceptors (Lipinski definition) is 6. The standard InChI is InChI=1S/C22H18N4O3/c23-13-17-20(14-6-4-9-16(12-14)26(28)29)21-18(10-5-11-19(21)27)25(22(17)24)15-7-2-1-3-8-15/h1-4,6-9,12,20H,5,10-11,24H2. The van der Waals surface area contributed by atoms with Crippen LogP contribution in [0.1, 0.15) is 30.7 Å². The number of rotatable bonds is 3. The number of carbonyl (C=O) groups excluding carboxylic acids is 1. The summed E-state index contributed by atoms with van der Waals surface area (Å²) in [6.07, 6.45) is 1.71. The molecule has 0 fully saturated rings. The average molecular weight is 386 g/mol. The predicted molar refractivity (Wildman–Crippen MR) is 107 cm³/mol. The Labute approximate surface area is 167 Å². The van der Waals surface area contributed by atoms with Gasteiger partial charge in [-0.1, -0.05) is 30.3 Å². The van der Waals surface area contributed by atoms with Crippen LogP contribution >= 0.6 is 0 Å². The van der Waals surface area contributed by atoms with Crippen LogP contribution in [0.5, 0.6) is 0 Å². The van der Waals surface area contributed by atoms with Crippen LogP contribution in [0.3, 0.4) is 0 Å². The van der Waals surface area contributed by atoms with E-state index in [0.29, 0.717) is 30.4 Å². The van der Waals surface area contributed by atoms with E-state index in [1.165, 1.54) is 12.1 Å². The van der Waals surface area contributed by atoms with Gasteiger partial charge in [-0.05, 0) is 30.5 Å². The number of nitrogens with zero attached hydrogens (tertiary/aromatic N) is 3. The van der Waals surface area contributed by atoms with Crippen LogP contribution in [0.4, 0.5) is 11.4 Å². The van der Waals surface area contributed by atoms with Gasteiger partial charge in [-0.2, -0.15) is 5.26 Å². The fourth-order valence-electron chi connectivity index (χ4n) is 4.11. The molecule has 0 spiro atoms. The molecule has 1 unspecified atom stereocenters. The van der Waals surface area contributed by atoms with E-state index in [1.807, 2.05) is 30.3 Å². The first kappa shape index (κ1) is 18.4. The number of nitro benzene ring substituents is 1. The fraction of sp³-hybridized carbons (Fsp3) is 0.182. The minimum absolute atomic E-state index is 0.0519. The van der Waals surface area contributed by atoms with Gasteiger partial charge in [-0.25, -0.2) is 0 Å². The highest BCUT2D eigenvalue weighted by molar-refractivity contribution is 6.01. The predicted octanol–water partition coefficient (Wildman–Crippen LogP) is 3.90. The first-order valence-electron chi connectivity index (χ1n) is 9.28. The van der Waals surface area contributed by atoms with Gasteiger partial charge in [-0.3, -0.25) is 19.8 Å². The SMILES string of the molecule is N#CC1=C(N)N(c2ccccc2)C2=C(C(=O)CCC2)C1c1cccc([N+](=O)[O-])c1. The second kappa shape index (κ2) is 7.24. The van der Waals surface area contributed by atoms with Crippen LogP contribution in [0.25, 0.3) is 0 Å². The number of non-ortho nitro benzene ring substituents is 1. The quantitative estimate of drug-likeness (QED) is 0.632. The van der Waals surface area contributed by atoms with Crippen LogP contribution in [-0.4, -0.2) is 10.7 Å². The molecular formula is C22H18N4O3. The molecule has 0 radical (unpaired) electrons. The smallest absolute Gasteiger partial charge is 0.269 e.